The molecule has 1 aromatic heterocycles. The topological polar surface area (TPSA) is 95.2 Å². The maximum atomic E-state index is 12.9. The molecule has 0 unspecified atom stereocenters. The molecule has 0 spiro atoms. The van der Waals surface area contributed by atoms with Crippen LogP contribution in [0.1, 0.15) is 28.9 Å². The Morgan fingerprint density at radius 1 is 1.14 bits per heavy atom. The third kappa shape index (κ3) is 3.65. The maximum absolute atomic E-state index is 12.9. The van der Waals surface area contributed by atoms with Crippen molar-refractivity contribution in [1.29, 1.82) is 0 Å². The molecule has 8 heteroatoms. The molecule has 3 aromatic rings. The normalized spacial score (nSPS) is 15.8. The van der Waals surface area contributed by atoms with E-state index < -0.39 is 10.0 Å². The van der Waals surface area contributed by atoms with Crippen molar-refractivity contribution in [3.63, 3.8) is 0 Å². The summed E-state index contributed by atoms with van der Waals surface area (Å²) in [5.41, 5.74) is 2.32. The number of hydrogen-bond donors (Lipinski definition) is 2. The van der Waals surface area contributed by atoms with Crippen LogP contribution in [0.25, 0.3) is 10.9 Å². The van der Waals surface area contributed by atoms with Crippen molar-refractivity contribution in [1.82, 2.24) is 19.8 Å². The number of nitrogens with one attached hydrogen (secondary N) is 2. The van der Waals surface area contributed by atoms with Crippen molar-refractivity contribution in [2.75, 3.05) is 13.1 Å². The van der Waals surface area contributed by atoms with Gasteiger partial charge in [0.25, 0.3) is 5.91 Å². The van der Waals surface area contributed by atoms with Gasteiger partial charge in [-0.1, -0.05) is 29.8 Å². The third-order valence-corrected chi connectivity index (χ3v) is 6.61. The van der Waals surface area contributed by atoms with E-state index in [1.165, 1.54) is 0 Å². The zero-order chi connectivity index (χ0) is 19.7. The zero-order valence-corrected chi connectivity index (χ0v) is 16.4. The number of carbonyl (C=O) groups excluding carboxylic acids is 1. The van der Waals surface area contributed by atoms with Crippen LogP contribution in [0.15, 0.2) is 53.4 Å². The van der Waals surface area contributed by atoms with Gasteiger partial charge in [0.1, 0.15) is 0 Å². The molecule has 2 N–H and O–H groups in total. The van der Waals surface area contributed by atoms with Gasteiger partial charge in [0.2, 0.25) is 10.0 Å². The highest BCUT2D eigenvalue weighted by Gasteiger charge is 2.28. The number of sulfonamides is 1. The number of likely N-dealkylation sites (tertiary alicyclic amines) is 1. The molecule has 0 aliphatic carbocycles. The number of aryl methyl sites for hydroxylation is 1. The van der Waals surface area contributed by atoms with E-state index in [2.05, 4.69) is 14.9 Å². The molecule has 1 aliphatic heterocycles. The molecule has 0 bridgehead atoms. The maximum Gasteiger partial charge on any atom is 0.274 e. The lowest BCUT2D eigenvalue weighted by Gasteiger charge is -2.31. The second-order valence-corrected chi connectivity index (χ2v) is 8.84. The number of hydrogen-bond acceptors (Lipinski definition) is 4. The lowest BCUT2D eigenvalue weighted by Crippen LogP contribution is -2.46. The Morgan fingerprint density at radius 2 is 1.86 bits per heavy atom. The van der Waals surface area contributed by atoms with E-state index in [1.54, 1.807) is 35.2 Å². The molecule has 1 amide bonds. The minimum Gasteiger partial charge on any atom is -0.337 e. The van der Waals surface area contributed by atoms with Gasteiger partial charge in [-0.25, -0.2) is 13.1 Å². The third-order valence-electron chi connectivity index (χ3n) is 5.08. The summed E-state index contributed by atoms with van der Waals surface area (Å²) in [5, 5.41) is 7.92. The number of aromatic amines is 1. The summed E-state index contributed by atoms with van der Waals surface area (Å²) in [6.45, 7) is 2.95. The zero-order valence-electron chi connectivity index (χ0n) is 15.6. The fourth-order valence-electron chi connectivity index (χ4n) is 3.53. The van der Waals surface area contributed by atoms with Crippen LogP contribution in [0, 0.1) is 6.92 Å². The van der Waals surface area contributed by atoms with E-state index in [0.29, 0.717) is 31.6 Å². The molecule has 146 valence electrons. The van der Waals surface area contributed by atoms with Crippen LogP contribution >= 0.6 is 0 Å². The summed E-state index contributed by atoms with van der Waals surface area (Å²) in [4.78, 5) is 14.9. The number of piperidine rings is 1. The molecule has 0 atom stereocenters. The molecule has 2 aromatic carbocycles. The Kier molecular flexibility index (Phi) is 4.91. The highest BCUT2D eigenvalue weighted by Crippen LogP contribution is 2.21. The fraction of sp³-hybridized carbons (Fsp3) is 0.300. The highest BCUT2D eigenvalue weighted by molar-refractivity contribution is 7.89. The Hall–Kier alpha value is -2.71. The molecule has 1 aliphatic rings. The minimum absolute atomic E-state index is 0.124. The van der Waals surface area contributed by atoms with E-state index in [1.807, 2.05) is 25.1 Å². The Balaban J connectivity index is 1.42. The second kappa shape index (κ2) is 7.37. The molecule has 0 radical (unpaired) electrons. The van der Waals surface area contributed by atoms with Gasteiger partial charge in [-0.2, -0.15) is 5.10 Å². The summed E-state index contributed by atoms with van der Waals surface area (Å²) in [7, 11) is -3.55. The lowest BCUT2D eigenvalue weighted by atomic mass is 10.1. The van der Waals surface area contributed by atoms with Crippen LogP contribution in [-0.4, -0.2) is 48.6 Å². The van der Waals surface area contributed by atoms with E-state index in [0.717, 1.165) is 16.5 Å². The van der Waals surface area contributed by atoms with Crippen molar-refractivity contribution in [2.45, 2.75) is 30.7 Å². The van der Waals surface area contributed by atoms with Gasteiger partial charge >= 0.3 is 0 Å². The van der Waals surface area contributed by atoms with Gasteiger partial charge in [-0.05, 0) is 44.0 Å². The number of fused-ring (bicyclic) bond motifs is 1. The predicted octanol–water partition coefficient (Wildman–Crippen LogP) is 2.45. The van der Waals surface area contributed by atoms with Crippen molar-refractivity contribution in [3.05, 3.63) is 59.8 Å². The number of aromatic nitrogens is 2. The van der Waals surface area contributed by atoms with Crippen LogP contribution < -0.4 is 4.72 Å². The Labute approximate surface area is 163 Å². The summed E-state index contributed by atoms with van der Waals surface area (Å²) in [5.74, 6) is -0.124. The Morgan fingerprint density at radius 3 is 2.57 bits per heavy atom. The molecular weight excluding hydrogens is 376 g/mol. The van der Waals surface area contributed by atoms with E-state index in [4.69, 9.17) is 0 Å². The molecule has 2 heterocycles. The highest BCUT2D eigenvalue weighted by atomic mass is 32.2. The van der Waals surface area contributed by atoms with Crippen molar-refractivity contribution < 1.29 is 13.2 Å². The quantitative estimate of drug-likeness (QED) is 0.706. The van der Waals surface area contributed by atoms with Gasteiger partial charge in [0.15, 0.2) is 5.69 Å². The largest absolute Gasteiger partial charge is 0.337 e. The number of H-pyrrole nitrogens is 1. The van der Waals surface area contributed by atoms with Crippen molar-refractivity contribution in [2.24, 2.45) is 0 Å². The van der Waals surface area contributed by atoms with Crippen LogP contribution in [-0.2, 0) is 10.0 Å². The number of nitrogens with zero attached hydrogens (tertiary/aromatic N) is 2. The number of carbonyl (C=O) groups is 1. The minimum atomic E-state index is -3.55. The molecule has 0 saturated carbocycles. The first-order chi connectivity index (χ1) is 13.4. The summed E-state index contributed by atoms with van der Waals surface area (Å²) in [6.07, 6.45) is 1.14. The van der Waals surface area contributed by atoms with Crippen molar-refractivity contribution in [3.8, 4) is 0 Å². The van der Waals surface area contributed by atoms with Crippen LogP contribution in [0.5, 0.6) is 0 Å². The first kappa shape index (κ1) is 18.6. The average Bonchev–Trinajstić information content (AvgIpc) is 3.11. The molecule has 1 saturated heterocycles. The summed E-state index contributed by atoms with van der Waals surface area (Å²) >= 11 is 0. The summed E-state index contributed by atoms with van der Waals surface area (Å²) < 4.78 is 27.7. The van der Waals surface area contributed by atoms with E-state index >= 15 is 0 Å². The average molecular weight is 398 g/mol. The summed E-state index contributed by atoms with van der Waals surface area (Å²) in [6, 6.07) is 14.0. The van der Waals surface area contributed by atoms with Crippen LogP contribution in [0.4, 0.5) is 0 Å². The first-order valence-electron chi connectivity index (χ1n) is 9.25. The lowest BCUT2D eigenvalue weighted by molar-refractivity contribution is 0.0707. The Bertz CT molecular complexity index is 1100. The molecule has 4 rings (SSSR count). The fourth-order valence-corrected chi connectivity index (χ4v) is 4.85. The molecular formula is C20H22N4O3S. The molecule has 7 nitrogen and oxygen atoms in total. The van der Waals surface area contributed by atoms with Gasteiger partial charge in [0, 0.05) is 24.5 Å². The van der Waals surface area contributed by atoms with Gasteiger partial charge in [0.05, 0.1) is 10.4 Å². The SMILES string of the molecule is Cc1ccc2[nH]nc(C(=O)N3CCC(NS(=O)(=O)c4ccccc4)CC3)c2c1. The smallest absolute Gasteiger partial charge is 0.274 e. The predicted molar refractivity (Wildman–Crippen MR) is 107 cm³/mol. The van der Waals surface area contributed by atoms with Crippen molar-refractivity contribution >= 4 is 26.8 Å². The van der Waals surface area contributed by atoms with Crippen LogP contribution in [0.3, 0.4) is 0 Å². The van der Waals surface area contributed by atoms with E-state index in [-0.39, 0.29) is 16.8 Å². The molecule has 1 fully saturated rings. The molecule has 28 heavy (non-hydrogen) atoms. The van der Waals surface area contributed by atoms with Gasteiger partial charge in [-0.3, -0.25) is 9.89 Å². The monoisotopic (exact) mass is 398 g/mol. The first-order valence-corrected chi connectivity index (χ1v) is 10.7. The van der Waals surface area contributed by atoms with Gasteiger partial charge < -0.3 is 4.90 Å². The number of rotatable bonds is 4. The second-order valence-electron chi connectivity index (χ2n) is 7.12. The number of benzene rings is 2. The van der Waals surface area contributed by atoms with Crippen LogP contribution in [0.2, 0.25) is 0 Å². The standard InChI is InChI=1S/C20H22N4O3S/c1-14-7-8-18-17(13-14)19(22-21-18)20(25)24-11-9-15(10-12-24)23-28(26,27)16-5-3-2-4-6-16/h2-8,13,15,23H,9-12H2,1H3,(H,21,22). The van der Waals surface area contributed by atoms with E-state index in [9.17, 15) is 13.2 Å². The number of amides is 1. The van der Waals surface area contributed by atoms with Gasteiger partial charge in [-0.15, -0.1) is 0 Å².